The van der Waals surface area contributed by atoms with Crippen LogP contribution in [0.2, 0.25) is 0 Å². The lowest BCUT2D eigenvalue weighted by Gasteiger charge is -2.58. The molecule has 3 saturated carbocycles. The minimum Gasteiger partial charge on any atom is -0.462 e. The van der Waals surface area contributed by atoms with Gasteiger partial charge in [0.15, 0.2) is 5.79 Å². The van der Waals surface area contributed by atoms with Gasteiger partial charge in [0.25, 0.3) is 0 Å². The fourth-order valence-corrected chi connectivity index (χ4v) is 7.85. The second-order valence-corrected chi connectivity index (χ2v) is 10.2. The van der Waals surface area contributed by atoms with E-state index < -0.39 is 0 Å². The first-order chi connectivity index (χ1) is 12.9. The summed E-state index contributed by atoms with van der Waals surface area (Å²) in [5, 5.41) is 0. The van der Waals surface area contributed by atoms with Gasteiger partial charge in [-0.15, -0.1) is 0 Å². The van der Waals surface area contributed by atoms with Crippen LogP contribution in [-0.2, 0) is 19.0 Å². The molecule has 6 atom stereocenters. The van der Waals surface area contributed by atoms with Crippen LogP contribution in [0.4, 0.5) is 0 Å². The Kier molecular flexibility index (Phi) is 4.08. The Morgan fingerprint density at radius 2 is 1.81 bits per heavy atom. The number of esters is 1. The molecule has 5 rings (SSSR count). The van der Waals surface area contributed by atoms with E-state index in [1.165, 1.54) is 32.6 Å². The minimum absolute atomic E-state index is 0.0854. The van der Waals surface area contributed by atoms with E-state index in [2.05, 4.69) is 19.9 Å². The number of hydrogen-bond acceptors (Lipinski definition) is 4. The maximum Gasteiger partial charge on any atom is 0.302 e. The SMILES string of the molecule is CC(=O)O[C@H]1CC[C@@]2(C)C(=CC[C@H]3[C@H]2CC[C@@]2(C)[C@H]3CCC23OCCO3)C1. The highest BCUT2D eigenvalue weighted by Crippen LogP contribution is 2.68. The Hall–Kier alpha value is -0.870. The van der Waals surface area contributed by atoms with Crippen molar-refractivity contribution in [2.75, 3.05) is 13.2 Å². The van der Waals surface area contributed by atoms with Gasteiger partial charge >= 0.3 is 5.97 Å². The van der Waals surface area contributed by atoms with Crippen molar-refractivity contribution in [3.8, 4) is 0 Å². The van der Waals surface area contributed by atoms with Crippen LogP contribution in [0.5, 0.6) is 0 Å². The lowest BCUT2D eigenvalue weighted by Crippen LogP contribution is -2.55. The molecule has 4 fully saturated rings. The highest BCUT2D eigenvalue weighted by molar-refractivity contribution is 5.66. The topological polar surface area (TPSA) is 44.8 Å². The van der Waals surface area contributed by atoms with Gasteiger partial charge in [0.2, 0.25) is 0 Å². The normalized spacial score (nSPS) is 47.7. The summed E-state index contributed by atoms with van der Waals surface area (Å²) >= 11 is 0. The average molecular weight is 375 g/mol. The van der Waals surface area contributed by atoms with Gasteiger partial charge in [0, 0.05) is 25.2 Å². The standard InChI is InChI=1S/C23H34O4/c1-15(24)27-17-6-9-21(2)16(14-17)4-5-18-19(21)7-10-22(3)20(18)8-11-23(22)25-12-13-26-23/h4,17-20H,5-14H2,1-3H3/t17-,18-,19+,20-,21-,22-/m0/s1. The zero-order valence-corrected chi connectivity index (χ0v) is 17.1. The summed E-state index contributed by atoms with van der Waals surface area (Å²) in [6, 6.07) is 0. The van der Waals surface area contributed by atoms with Crippen molar-refractivity contribution in [3.63, 3.8) is 0 Å². The molecule has 0 aromatic heterocycles. The van der Waals surface area contributed by atoms with Crippen LogP contribution in [0.3, 0.4) is 0 Å². The second-order valence-electron chi connectivity index (χ2n) is 10.2. The fraction of sp³-hybridized carbons (Fsp3) is 0.870. The highest BCUT2D eigenvalue weighted by Gasteiger charge is 2.66. The Bertz CT molecular complexity index is 663. The van der Waals surface area contributed by atoms with Crippen molar-refractivity contribution in [3.05, 3.63) is 11.6 Å². The molecule has 0 aromatic rings. The molecule has 0 amide bonds. The number of carbonyl (C=O) groups excluding carboxylic acids is 1. The largest absolute Gasteiger partial charge is 0.462 e. The molecule has 150 valence electrons. The molecule has 4 nitrogen and oxygen atoms in total. The number of rotatable bonds is 1. The van der Waals surface area contributed by atoms with Crippen molar-refractivity contribution in [1.82, 2.24) is 0 Å². The molecule has 0 bridgehead atoms. The molecule has 0 radical (unpaired) electrons. The fourth-order valence-electron chi connectivity index (χ4n) is 7.85. The monoisotopic (exact) mass is 374 g/mol. The maximum absolute atomic E-state index is 11.4. The Morgan fingerprint density at radius 3 is 2.56 bits per heavy atom. The van der Waals surface area contributed by atoms with E-state index in [1.54, 1.807) is 5.57 Å². The quantitative estimate of drug-likeness (QED) is 0.496. The van der Waals surface area contributed by atoms with E-state index in [0.717, 1.165) is 50.7 Å². The molecule has 0 unspecified atom stereocenters. The number of fused-ring (bicyclic) bond motifs is 6. The molecule has 1 saturated heterocycles. The van der Waals surface area contributed by atoms with Crippen molar-refractivity contribution in [2.24, 2.45) is 28.6 Å². The molecule has 5 aliphatic rings. The van der Waals surface area contributed by atoms with Gasteiger partial charge in [-0.25, -0.2) is 0 Å². The first-order valence-corrected chi connectivity index (χ1v) is 11.0. The molecule has 27 heavy (non-hydrogen) atoms. The van der Waals surface area contributed by atoms with Gasteiger partial charge in [-0.05, 0) is 61.7 Å². The third-order valence-corrected chi connectivity index (χ3v) is 9.19. The van der Waals surface area contributed by atoms with E-state index in [4.69, 9.17) is 14.2 Å². The van der Waals surface area contributed by atoms with Crippen LogP contribution in [0.25, 0.3) is 0 Å². The lowest BCUT2D eigenvalue weighted by atomic mass is 9.47. The van der Waals surface area contributed by atoms with Crippen molar-refractivity contribution >= 4 is 5.97 Å². The third-order valence-electron chi connectivity index (χ3n) is 9.19. The third kappa shape index (κ3) is 2.45. The summed E-state index contributed by atoms with van der Waals surface area (Å²) in [5.41, 5.74) is 2.01. The van der Waals surface area contributed by atoms with Crippen LogP contribution in [0, 0.1) is 28.6 Å². The average Bonchev–Trinajstić information content (AvgIpc) is 3.21. The minimum atomic E-state index is -0.305. The number of carbonyl (C=O) groups is 1. The van der Waals surface area contributed by atoms with Crippen LogP contribution in [0.15, 0.2) is 11.6 Å². The molecular formula is C23H34O4. The molecule has 4 aliphatic carbocycles. The van der Waals surface area contributed by atoms with E-state index >= 15 is 0 Å². The summed E-state index contributed by atoms with van der Waals surface area (Å²) in [6.07, 6.45) is 11.7. The van der Waals surface area contributed by atoms with Crippen molar-refractivity contribution < 1.29 is 19.0 Å². The maximum atomic E-state index is 11.4. The number of hydrogen-bond donors (Lipinski definition) is 0. The summed E-state index contributed by atoms with van der Waals surface area (Å²) in [7, 11) is 0. The predicted molar refractivity (Wildman–Crippen MR) is 102 cm³/mol. The number of allylic oxidation sites excluding steroid dienone is 1. The van der Waals surface area contributed by atoms with E-state index in [1.807, 2.05) is 0 Å². The molecular weight excluding hydrogens is 340 g/mol. The Labute approximate surface area is 163 Å². The Balaban J connectivity index is 1.41. The van der Waals surface area contributed by atoms with Crippen LogP contribution in [-0.4, -0.2) is 31.1 Å². The van der Waals surface area contributed by atoms with Gasteiger partial charge in [0.1, 0.15) is 6.10 Å². The van der Waals surface area contributed by atoms with Crippen LogP contribution >= 0.6 is 0 Å². The van der Waals surface area contributed by atoms with E-state index in [-0.39, 0.29) is 28.7 Å². The first-order valence-electron chi connectivity index (χ1n) is 11.0. The predicted octanol–water partition coefficient (Wildman–Crippen LogP) is 4.62. The first kappa shape index (κ1) is 18.2. The van der Waals surface area contributed by atoms with Crippen molar-refractivity contribution in [1.29, 1.82) is 0 Å². The molecule has 0 N–H and O–H groups in total. The molecule has 1 heterocycles. The van der Waals surface area contributed by atoms with Gasteiger partial charge in [-0.3, -0.25) is 4.79 Å². The van der Waals surface area contributed by atoms with E-state index in [0.29, 0.717) is 5.92 Å². The summed E-state index contributed by atoms with van der Waals surface area (Å²) in [4.78, 5) is 11.4. The zero-order chi connectivity index (χ0) is 18.9. The molecule has 1 aliphatic heterocycles. The molecule has 1 spiro atoms. The van der Waals surface area contributed by atoms with Crippen LogP contribution in [0.1, 0.15) is 72.1 Å². The van der Waals surface area contributed by atoms with Gasteiger partial charge < -0.3 is 14.2 Å². The second kappa shape index (κ2) is 6.06. The van der Waals surface area contributed by atoms with Gasteiger partial charge in [-0.2, -0.15) is 0 Å². The Morgan fingerprint density at radius 1 is 1.07 bits per heavy atom. The summed E-state index contributed by atoms with van der Waals surface area (Å²) in [5.74, 6) is 1.76. The summed E-state index contributed by atoms with van der Waals surface area (Å²) < 4.78 is 18.1. The molecule has 0 aromatic carbocycles. The molecule has 4 heteroatoms. The van der Waals surface area contributed by atoms with Gasteiger partial charge in [0.05, 0.1) is 13.2 Å². The zero-order valence-electron chi connectivity index (χ0n) is 17.1. The summed E-state index contributed by atoms with van der Waals surface area (Å²) in [6.45, 7) is 8.00. The number of ether oxygens (including phenoxy) is 3. The highest BCUT2D eigenvalue weighted by atomic mass is 16.7. The lowest BCUT2D eigenvalue weighted by molar-refractivity contribution is -0.242. The smallest absolute Gasteiger partial charge is 0.302 e. The van der Waals surface area contributed by atoms with Crippen molar-refractivity contribution in [2.45, 2.75) is 84.0 Å². The van der Waals surface area contributed by atoms with Crippen LogP contribution < -0.4 is 0 Å². The van der Waals surface area contributed by atoms with Gasteiger partial charge in [-0.1, -0.05) is 25.5 Å². The van der Waals surface area contributed by atoms with E-state index in [9.17, 15) is 4.79 Å².